The van der Waals surface area contributed by atoms with Crippen LogP contribution >= 0.6 is 0 Å². The second-order valence-electron chi connectivity index (χ2n) is 9.12. The molecule has 0 aliphatic carbocycles. The van der Waals surface area contributed by atoms with Crippen LogP contribution in [-0.2, 0) is 0 Å². The van der Waals surface area contributed by atoms with Gasteiger partial charge in [0.25, 0.3) is 0 Å². The number of hydrogen-bond acceptors (Lipinski definition) is 4. The molecule has 0 radical (unpaired) electrons. The predicted molar refractivity (Wildman–Crippen MR) is 98.2 cm³/mol. The number of nitrogens with one attached hydrogen (secondary N) is 4. The van der Waals surface area contributed by atoms with E-state index in [-0.39, 0.29) is 0 Å². The quantitative estimate of drug-likeness (QED) is 0.512. The summed E-state index contributed by atoms with van der Waals surface area (Å²) in [7, 11) is 0. The molecule has 0 aromatic carbocycles. The van der Waals surface area contributed by atoms with E-state index in [2.05, 4.69) is 33.4 Å². The van der Waals surface area contributed by atoms with Crippen LogP contribution in [0.15, 0.2) is 12.2 Å². The Bertz CT molecular complexity index is 438. The molecule has 8 atom stereocenters. The molecule has 4 N–H and O–H groups in total. The van der Waals surface area contributed by atoms with Crippen LogP contribution in [0, 0.1) is 0 Å². The molecule has 4 heteroatoms. The molecule has 0 saturated carbocycles. The van der Waals surface area contributed by atoms with Gasteiger partial charge < -0.3 is 21.3 Å². The van der Waals surface area contributed by atoms with Gasteiger partial charge in [0.15, 0.2) is 0 Å². The van der Waals surface area contributed by atoms with Crippen molar-refractivity contribution in [2.75, 3.05) is 0 Å². The molecule has 5 heterocycles. The van der Waals surface area contributed by atoms with E-state index in [0.717, 1.165) is 36.3 Å². The van der Waals surface area contributed by atoms with Crippen LogP contribution in [0.2, 0.25) is 0 Å². The summed E-state index contributed by atoms with van der Waals surface area (Å²) in [5, 5.41) is 15.7. The molecule has 8 bridgehead atoms. The van der Waals surface area contributed by atoms with Gasteiger partial charge in [-0.05, 0) is 64.2 Å². The van der Waals surface area contributed by atoms with E-state index in [1.54, 1.807) is 0 Å². The third-order valence-corrected chi connectivity index (χ3v) is 7.22. The monoisotopic (exact) mass is 330 g/mol. The Labute approximate surface area is 146 Å². The van der Waals surface area contributed by atoms with Crippen LogP contribution < -0.4 is 21.3 Å². The van der Waals surface area contributed by atoms with Gasteiger partial charge in [-0.25, -0.2) is 0 Å². The Morgan fingerprint density at radius 2 is 0.750 bits per heavy atom. The number of fused-ring (bicyclic) bond motifs is 8. The Morgan fingerprint density at radius 3 is 1.12 bits per heavy atom. The van der Waals surface area contributed by atoms with Crippen molar-refractivity contribution in [3.05, 3.63) is 12.2 Å². The fourth-order valence-corrected chi connectivity index (χ4v) is 6.07. The second kappa shape index (κ2) is 6.71. The van der Waals surface area contributed by atoms with Crippen molar-refractivity contribution in [1.29, 1.82) is 0 Å². The molecule has 5 rings (SSSR count). The fourth-order valence-electron chi connectivity index (χ4n) is 6.07. The third-order valence-electron chi connectivity index (χ3n) is 7.22. The van der Waals surface area contributed by atoms with Crippen LogP contribution in [-0.4, -0.2) is 48.3 Å². The van der Waals surface area contributed by atoms with Crippen molar-refractivity contribution < 1.29 is 0 Å². The summed E-state index contributed by atoms with van der Waals surface area (Å²) in [4.78, 5) is 0. The van der Waals surface area contributed by atoms with Gasteiger partial charge in [0, 0.05) is 48.3 Å². The lowest BCUT2D eigenvalue weighted by molar-refractivity contribution is 0.375. The first kappa shape index (κ1) is 15.8. The highest BCUT2D eigenvalue weighted by Crippen LogP contribution is 2.29. The minimum absolute atomic E-state index is 0.588. The minimum atomic E-state index is 0.588. The van der Waals surface area contributed by atoms with E-state index in [1.807, 2.05) is 0 Å². The van der Waals surface area contributed by atoms with Gasteiger partial charge in [-0.15, -0.1) is 0 Å². The van der Waals surface area contributed by atoms with Crippen molar-refractivity contribution in [2.45, 2.75) is 113 Å². The summed E-state index contributed by atoms with van der Waals surface area (Å²) in [5.74, 6) is 0. The fraction of sp³-hybridized carbons (Fsp3) is 0.900. The molecule has 4 saturated heterocycles. The zero-order valence-electron chi connectivity index (χ0n) is 14.8. The average molecular weight is 331 g/mol. The standard InChI is InChI=1S/C20H34N4/c1-2-14-10-16-5-6-18(23-16)12-20-8-7-19(24-20)11-17-4-3-15(22-17)9-13(1)21-14/h1-2,13-24H,3-12H2. The SMILES string of the molecule is C1=CC2CC3CCC(CC4CCC(CC5CCC(CC1N2)N5)N4)N3. The summed E-state index contributed by atoms with van der Waals surface area (Å²) in [6.45, 7) is 0. The van der Waals surface area contributed by atoms with Crippen molar-refractivity contribution >= 4 is 0 Å². The van der Waals surface area contributed by atoms with Crippen LogP contribution in [0.3, 0.4) is 0 Å². The Morgan fingerprint density at radius 1 is 0.417 bits per heavy atom. The maximum atomic E-state index is 3.96. The summed E-state index contributed by atoms with van der Waals surface area (Å²) in [6.07, 6.45) is 18.3. The van der Waals surface area contributed by atoms with Gasteiger partial charge >= 0.3 is 0 Å². The first-order valence-electron chi connectivity index (χ1n) is 10.5. The summed E-state index contributed by atoms with van der Waals surface area (Å²) in [5.41, 5.74) is 0. The van der Waals surface area contributed by atoms with Gasteiger partial charge in [-0.1, -0.05) is 12.2 Å². The van der Waals surface area contributed by atoms with Gasteiger partial charge in [-0.2, -0.15) is 0 Å². The van der Waals surface area contributed by atoms with E-state index >= 15 is 0 Å². The molecule has 0 spiro atoms. The van der Waals surface area contributed by atoms with Crippen molar-refractivity contribution in [3.63, 3.8) is 0 Å². The zero-order chi connectivity index (χ0) is 15.9. The van der Waals surface area contributed by atoms with E-state index in [0.29, 0.717) is 12.1 Å². The van der Waals surface area contributed by atoms with Crippen LogP contribution in [0.5, 0.6) is 0 Å². The minimum Gasteiger partial charge on any atom is -0.311 e. The molecule has 8 unspecified atom stereocenters. The molecule has 24 heavy (non-hydrogen) atoms. The lowest BCUT2D eigenvalue weighted by Gasteiger charge is -2.24. The van der Waals surface area contributed by atoms with Gasteiger partial charge in [0.2, 0.25) is 0 Å². The van der Waals surface area contributed by atoms with Gasteiger partial charge in [0.05, 0.1) is 0 Å². The van der Waals surface area contributed by atoms with Crippen LogP contribution in [0.25, 0.3) is 0 Å². The normalized spacial score (nSPS) is 51.3. The highest BCUT2D eigenvalue weighted by Gasteiger charge is 2.35. The van der Waals surface area contributed by atoms with Crippen molar-refractivity contribution in [2.24, 2.45) is 0 Å². The zero-order valence-corrected chi connectivity index (χ0v) is 14.8. The highest BCUT2D eigenvalue weighted by atomic mass is 15.1. The molecule has 134 valence electrons. The molecule has 0 aromatic rings. The summed E-state index contributed by atoms with van der Waals surface area (Å²) in [6, 6.07) is 5.61. The maximum Gasteiger partial charge on any atom is 0.0270 e. The maximum absolute atomic E-state index is 3.96. The second-order valence-corrected chi connectivity index (χ2v) is 9.12. The van der Waals surface area contributed by atoms with E-state index < -0.39 is 0 Å². The smallest absolute Gasteiger partial charge is 0.0270 e. The van der Waals surface area contributed by atoms with E-state index in [9.17, 15) is 0 Å². The first-order chi connectivity index (χ1) is 11.8. The Hall–Kier alpha value is -0.420. The average Bonchev–Trinajstić information content (AvgIpc) is 3.32. The Balaban J connectivity index is 1.28. The molecule has 4 fully saturated rings. The molecule has 5 aliphatic rings. The van der Waals surface area contributed by atoms with Gasteiger partial charge in [0.1, 0.15) is 0 Å². The lowest BCUT2D eigenvalue weighted by atomic mass is 10.0. The Kier molecular flexibility index (Phi) is 4.42. The summed E-state index contributed by atoms with van der Waals surface area (Å²) < 4.78 is 0. The largest absolute Gasteiger partial charge is 0.311 e. The third kappa shape index (κ3) is 3.44. The topological polar surface area (TPSA) is 48.1 Å². The predicted octanol–water partition coefficient (Wildman–Crippen LogP) is 1.82. The molecule has 4 nitrogen and oxygen atoms in total. The number of rotatable bonds is 0. The molecule has 5 aliphatic heterocycles. The van der Waals surface area contributed by atoms with Crippen molar-refractivity contribution in [3.8, 4) is 0 Å². The summed E-state index contributed by atoms with van der Waals surface area (Å²) >= 11 is 0. The first-order valence-corrected chi connectivity index (χ1v) is 10.5. The number of hydrogen-bond donors (Lipinski definition) is 4. The molecule has 0 aromatic heterocycles. The van der Waals surface area contributed by atoms with Crippen LogP contribution in [0.1, 0.15) is 64.2 Å². The van der Waals surface area contributed by atoms with E-state index in [1.165, 1.54) is 64.2 Å². The highest BCUT2D eigenvalue weighted by molar-refractivity contribution is 5.11. The van der Waals surface area contributed by atoms with Gasteiger partial charge in [-0.3, -0.25) is 0 Å². The van der Waals surface area contributed by atoms with Crippen LogP contribution in [0.4, 0.5) is 0 Å². The molecule has 0 amide bonds. The van der Waals surface area contributed by atoms with E-state index in [4.69, 9.17) is 0 Å². The molecular weight excluding hydrogens is 296 g/mol. The lowest BCUT2D eigenvalue weighted by Crippen LogP contribution is -2.43. The van der Waals surface area contributed by atoms with Crippen molar-refractivity contribution in [1.82, 2.24) is 21.3 Å². The molecular formula is C20H34N4.